The molecular weight excluding hydrogens is 973 g/mol. The van der Waals surface area contributed by atoms with Crippen molar-refractivity contribution in [1.82, 2.24) is 49.8 Å². The van der Waals surface area contributed by atoms with Crippen molar-refractivity contribution >= 4 is 56.7 Å². The zero-order chi connectivity index (χ0) is 52.2. The summed E-state index contributed by atoms with van der Waals surface area (Å²) in [6, 6.07) is 20.2. The van der Waals surface area contributed by atoms with Gasteiger partial charge < -0.3 is 24.9 Å². The molecular formula is C56H82N10S5. The van der Waals surface area contributed by atoms with Crippen molar-refractivity contribution in [1.29, 1.82) is 0 Å². The molecule has 0 amide bonds. The lowest BCUT2D eigenvalue weighted by Gasteiger charge is -1.95. The molecule has 0 aliphatic carbocycles. The number of rotatable bonds is 14. The van der Waals surface area contributed by atoms with E-state index < -0.39 is 0 Å². The van der Waals surface area contributed by atoms with Crippen LogP contribution in [0.4, 0.5) is 0 Å². The molecule has 10 aromatic rings. The molecule has 15 heteroatoms. The van der Waals surface area contributed by atoms with E-state index in [1.807, 2.05) is 184 Å². The number of H-pyrrole nitrogens is 5. The Labute approximate surface area is 446 Å². The number of aromatic nitrogens is 10. The van der Waals surface area contributed by atoms with Crippen LogP contribution in [0.2, 0.25) is 0 Å². The van der Waals surface area contributed by atoms with Crippen LogP contribution in [0, 0.1) is 0 Å². The van der Waals surface area contributed by atoms with Crippen LogP contribution in [0.1, 0.15) is 138 Å². The van der Waals surface area contributed by atoms with Crippen LogP contribution >= 0.6 is 56.7 Å². The van der Waals surface area contributed by atoms with Crippen molar-refractivity contribution in [2.24, 2.45) is 0 Å². The second kappa shape index (κ2) is 43.3. The summed E-state index contributed by atoms with van der Waals surface area (Å²) in [4.78, 5) is 40.7. The molecule has 0 bridgehead atoms. The van der Waals surface area contributed by atoms with Crippen molar-refractivity contribution < 1.29 is 0 Å². The largest absolute Gasteiger partial charge is 0.360 e. The lowest BCUT2D eigenvalue weighted by molar-refractivity contribution is 0.670. The molecule has 10 nitrogen and oxygen atoms in total. The first kappa shape index (κ1) is 63.6. The molecule has 0 fully saturated rings. The zero-order valence-corrected chi connectivity index (χ0v) is 48.5. The minimum absolute atomic E-state index is 1.05. The summed E-state index contributed by atoms with van der Waals surface area (Å²) in [6.07, 6.45) is 30.5. The zero-order valence-electron chi connectivity index (χ0n) is 44.4. The van der Waals surface area contributed by atoms with Crippen LogP contribution in [0.3, 0.4) is 0 Å². The van der Waals surface area contributed by atoms with E-state index in [2.05, 4.69) is 75.8 Å². The molecule has 0 aliphatic rings. The second-order valence-electron chi connectivity index (χ2n) is 13.5. The van der Waals surface area contributed by atoms with Crippen LogP contribution in [0.25, 0.3) is 53.2 Å². The third kappa shape index (κ3) is 25.5. The van der Waals surface area contributed by atoms with Crippen LogP contribution in [-0.4, -0.2) is 49.8 Å². The molecule has 0 unspecified atom stereocenters. The maximum absolute atomic E-state index is 4.44. The lowest BCUT2D eigenvalue weighted by Crippen LogP contribution is -1.81. The number of aromatic amines is 5. The van der Waals surface area contributed by atoms with E-state index in [1.165, 1.54) is 76.7 Å². The summed E-state index contributed by atoms with van der Waals surface area (Å²) in [5.74, 6) is 0. The summed E-state index contributed by atoms with van der Waals surface area (Å²) in [7, 11) is 0. The first-order valence-corrected chi connectivity index (χ1v) is 29.7. The average molecular weight is 1060 g/mol. The highest BCUT2D eigenvalue weighted by atomic mass is 32.1. The SMILES string of the molecule is CC.CC.CC.CC.CC.CCCCCCc1cnc(-c2ccc[nH]2)s1.CCCCCc1ncc(-c2ccc[nH]2)s1.c1c[nH]c(-c2cncs2)c1.c1c[nH]c(-c2nccs2)c1.c1c[nH]c(-c2nccs2)c1. The van der Waals surface area contributed by atoms with Gasteiger partial charge in [0.1, 0.15) is 15.0 Å². The molecule has 10 rings (SSSR count). The van der Waals surface area contributed by atoms with Gasteiger partial charge in [-0.1, -0.05) is 115 Å². The van der Waals surface area contributed by atoms with Gasteiger partial charge in [-0.3, -0.25) is 4.98 Å². The van der Waals surface area contributed by atoms with Gasteiger partial charge in [0.05, 0.1) is 48.7 Å². The number of nitrogens with one attached hydrogen (secondary N) is 5. The highest BCUT2D eigenvalue weighted by Gasteiger charge is 2.06. The van der Waals surface area contributed by atoms with Gasteiger partial charge in [0.25, 0.3) is 0 Å². The maximum Gasteiger partial charge on any atom is 0.139 e. The Kier molecular flexibility index (Phi) is 38.8. The van der Waals surface area contributed by atoms with Crippen molar-refractivity contribution in [3.8, 4) is 53.2 Å². The quantitative estimate of drug-likeness (QED) is 0.0689. The standard InChI is InChI=1S/C13H18N2S.C12H16N2S.3C7H6N2S.5C2H6/c1-2-3-4-5-7-11-10-15-13(16-11)12-8-6-9-14-12;1-2-3-4-7-12-14-9-11(15-12)10-6-5-8-13-10;1-2-6(9-3-1)7-4-8-5-10-7;2*1-2-6(8-3-1)7-9-4-5-10-7;5*1-2/h6,8-10,14H,2-5,7H2,1H3;5-6,8-9,13H,2-4,7H2,1H3;1-5,9H;2*1-5,8H;5*1-2H3. The highest BCUT2D eigenvalue weighted by molar-refractivity contribution is 7.15. The predicted molar refractivity (Wildman–Crippen MR) is 317 cm³/mol. The topological polar surface area (TPSA) is 143 Å². The minimum Gasteiger partial charge on any atom is -0.360 e. The summed E-state index contributed by atoms with van der Waals surface area (Å²) in [5, 5.41) is 8.39. The van der Waals surface area contributed by atoms with Gasteiger partial charge in [-0.2, -0.15) is 0 Å². The summed E-state index contributed by atoms with van der Waals surface area (Å²) >= 11 is 8.52. The fourth-order valence-corrected chi connectivity index (χ4v) is 9.52. The average Bonchev–Trinajstić information content (AvgIpc) is 4.28. The fraction of sp³-hybridized carbons (Fsp3) is 0.375. The van der Waals surface area contributed by atoms with Crippen LogP contribution in [-0.2, 0) is 12.8 Å². The highest BCUT2D eigenvalue weighted by Crippen LogP contribution is 2.27. The molecule has 10 aromatic heterocycles. The van der Waals surface area contributed by atoms with Gasteiger partial charge in [0.15, 0.2) is 0 Å². The van der Waals surface area contributed by atoms with Gasteiger partial charge in [-0.25, -0.2) is 19.9 Å². The Balaban J connectivity index is 0.000000429. The van der Waals surface area contributed by atoms with Gasteiger partial charge >= 0.3 is 0 Å². The third-order valence-corrected chi connectivity index (χ3v) is 13.5. The Bertz CT molecular complexity index is 2210. The number of unbranched alkanes of at least 4 members (excludes halogenated alkanes) is 5. The third-order valence-electron chi connectivity index (χ3n) is 8.89. The molecule has 0 saturated carbocycles. The number of hydrogen-bond donors (Lipinski definition) is 5. The van der Waals surface area contributed by atoms with Crippen molar-refractivity contribution in [2.75, 3.05) is 0 Å². The minimum atomic E-state index is 1.05. The Morgan fingerprint density at radius 2 is 0.859 bits per heavy atom. The number of aryl methyl sites for hydroxylation is 2. The molecule has 0 atom stereocenters. The van der Waals surface area contributed by atoms with E-state index in [0.717, 1.165) is 44.2 Å². The molecule has 0 radical (unpaired) electrons. The first-order chi connectivity index (χ1) is 35.2. The molecule has 0 spiro atoms. The molecule has 5 N–H and O–H groups in total. The van der Waals surface area contributed by atoms with Crippen LogP contribution < -0.4 is 0 Å². The first-order valence-electron chi connectivity index (χ1n) is 25.5. The molecule has 0 saturated heterocycles. The van der Waals surface area contributed by atoms with E-state index in [0.29, 0.717) is 0 Å². The number of hydrogen-bond acceptors (Lipinski definition) is 10. The van der Waals surface area contributed by atoms with E-state index in [4.69, 9.17) is 0 Å². The summed E-state index contributed by atoms with van der Waals surface area (Å²) < 4.78 is 0. The van der Waals surface area contributed by atoms with Crippen molar-refractivity contribution in [2.45, 2.75) is 141 Å². The van der Waals surface area contributed by atoms with Gasteiger partial charge in [0, 0.05) is 77.6 Å². The van der Waals surface area contributed by atoms with Crippen molar-refractivity contribution in [3.05, 3.63) is 149 Å². The lowest BCUT2D eigenvalue weighted by atomic mass is 10.1. The van der Waals surface area contributed by atoms with Crippen molar-refractivity contribution in [3.63, 3.8) is 0 Å². The number of thiazole rings is 5. The van der Waals surface area contributed by atoms with E-state index in [-0.39, 0.29) is 0 Å². The second-order valence-corrected chi connectivity index (χ2v) is 18.4. The molecule has 0 aliphatic heterocycles. The summed E-state index contributed by atoms with van der Waals surface area (Å²) in [6.45, 7) is 24.5. The summed E-state index contributed by atoms with van der Waals surface area (Å²) in [5.41, 5.74) is 7.46. The van der Waals surface area contributed by atoms with Crippen LogP contribution in [0.5, 0.6) is 0 Å². The molecule has 386 valence electrons. The Hall–Kier alpha value is -5.45. The van der Waals surface area contributed by atoms with Gasteiger partial charge in [-0.05, 0) is 86.3 Å². The number of nitrogens with zero attached hydrogens (tertiary/aromatic N) is 5. The Morgan fingerprint density at radius 1 is 0.408 bits per heavy atom. The van der Waals surface area contributed by atoms with Gasteiger partial charge in [-0.15, -0.1) is 56.7 Å². The maximum atomic E-state index is 4.44. The molecule has 71 heavy (non-hydrogen) atoms. The van der Waals surface area contributed by atoms with E-state index in [9.17, 15) is 0 Å². The van der Waals surface area contributed by atoms with Crippen LogP contribution in [0.15, 0.2) is 139 Å². The molecule has 10 heterocycles. The smallest absolute Gasteiger partial charge is 0.139 e. The fourth-order valence-electron chi connectivity index (χ4n) is 5.77. The van der Waals surface area contributed by atoms with Gasteiger partial charge in [0.2, 0.25) is 0 Å². The monoisotopic (exact) mass is 1050 g/mol. The predicted octanol–water partition coefficient (Wildman–Crippen LogP) is 19.7. The van der Waals surface area contributed by atoms with E-state index in [1.54, 1.807) is 69.1 Å². The normalized spacial score (nSPS) is 9.35. The Morgan fingerprint density at radius 3 is 1.28 bits per heavy atom. The van der Waals surface area contributed by atoms with E-state index >= 15 is 0 Å². The molecule has 0 aromatic carbocycles.